The Kier molecular flexibility index (Phi) is 6.84. The van der Waals surface area contributed by atoms with E-state index in [2.05, 4.69) is 21.2 Å². The molecule has 154 valence electrons. The number of rotatable bonds is 6. The molecule has 0 unspecified atom stereocenters. The predicted molar refractivity (Wildman–Crippen MR) is 114 cm³/mol. The van der Waals surface area contributed by atoms with Gasteiger partial charge in [-0.15, -0.1) is 0 Å². The van der Waals surface area contributed by atoms with Crippen LogP contribution in [0.15, 0.2) is 71.2 Å². The fraction of sp³-hybridized carbons (Fsp3) is 0.130. The van der Waals surface area contributed by atoms with E-state index in [1.807, 2.05) is 6.92 Å². The molecule has 5 nitrogen and oxygen atoms in total. The fourth-order valence-corrected chi connectivity index (χ4v) is 3.14. The van der Waals surface area contributed by atoms with Crippen molar-refractivity contribution in [2.45, 2.75) is 13.0 Å². The van der Waals surface area contributed by atoms with Gasteiger partial charge in [-0.2, -0.15) is 0 Å². The molecule has 0 saturated heterocycles. The lowest BCUT2D eigenvalue weighted by atomic mass is 10.1. The van der Waals surface area contributed by atoms with Crippen LogP contribution in [-0.4, -0.2) is 19.0 Å². The molecule has 0 aliphatic carbocycles. The molecule has 1 N–H and O–H groups in total. The van der Waals surface area contributed by atoms with Crippen LogP contribution in [0.25, 0.3) is 0 Å². The minimum atomic E-state index is -0.421. The Morgan fingerprint density at radius 2 is 1.67 bits per heavy atom. The van der Waals surface area contributed by atoms with Gasteiger partial charge >= 0.3 is 5.97 Å². The molecule has 0 saturated carbocycles. The van der Waals surface area contributed by atoms with Crippen LogP contribution in [0.5, 0.6) is 11.5 Å². The molecule has 0 spiro atoms. The normalized spacial score (nSPS) is 11.5. The standard InChI is InChI=1S/C23H19BrFNO4/c1-14(15-3-5-16(6-4-15)23(28)29-2)26-22(27)20-13-17(24)7-12-21(20)30-19-10-8-18(25)9-11-19/h3-14H,1-2H3,(H,26,27)/t14-/m1/s1. The summed E-state index contributed by atoms with van der Waals surface area (Å²) in [6, 6.07) is 17.1. The molecule has 1 amide bonds. The number of esters is 1. The lowest BCUT2D eigenvalue weighted by Crippen LogP contribution is -2.27. The average Bonchev–Trinajstić information content (AvgIpc) is 2.76. The van der Waals surface area contributed by atoms with Gasteiger partial charge in [0.25, 0.3) is 5.91 Å². The molecule has 0 heterocycles. The van der Waals surface area contributed by atoms with Crippen LogP contribution in [-0.2, 0) is 4.74 Å². The molecule has 0 radical (unpaired) electrons. The Balaban J connectivity index is 1.78. The largest absolute Gasteiger partial charge is 0.465 e. The van der Waals surface area contributed by atoms with Gasteiger partial charge in [0.1, 0.15) is 17.3 Å². The fourth-order valence-electron chi connectivity index (χ4n) is 2.78. The van der Waals surface area contributed by atoms with Crippen molar-refractivity contribution in [1.29, 1.82) is 0 Å². The molecule has 0 aliphatic heterocycles. The van der Waals surface area contributed by atoms with E-state index in [1.165, 1.54) is 31.4 Å². The van der Waals surface area contributed by atoms with Crippen molar-refractivity contribution in [3.8, 4) is 11.5 Å². The summed E-state index contributed by atoms with van der Waals surface area (Å²) >= 11 is 3.37. The molecular formula is C23H19BrFNO4. The van der Waals surface area contributed by atoms with Crippen LogP contribution in [0.3, 0.4) is 0 Å². The monoisotopic (exact) mass is 471 g/mol. The quantitative estimate of drug-likeness (QED) is 0.471. The molecule has 3 aromatic rings. The molecule has 7 heteroatoms. The van der Waals surface area contributed by atoms with Gasteiger partial charge in [0.2, 0.25) is 0 Å². The summed E-state index contributed by atoms with van der Waals surface area (Å²) in [6.45, 7) is 1.84. The van der Waals surface area contributed by atoms with Crippen LogP contribution in [0.4, 0.5) is 4.39 Å². The lowest BCUT2D eigenvalue weighted by molar-refractivity contribution is 0.0600. The summed E-state index contributed by atoms with van der Waals surface area (Å²) in [5.41, 5.74) is 1.58. The van der Waals surface area contributed by atoms with E-state index in [-0.39, 0.29) is 17.8 Å². The number of hydrogen-bond acceptors (Lipinski definition) is 4. The number of carbonyl (C=O) groups is 2. The summed E-state index contributed by atoms with van der Waals surface area (Å²) < 4.78 is 24.3. The van der Waals surface area contributed by atoms with Crippen molar-refractivity contribution in [2.24, 2.45) is 0 Å². The molecule has 30 heavy (non-hydrogen) atoms. The van der Waals surface area contributed by atoms with Gasteiger partial charge < -0.3 is 14.8 Å². The smallest absolute Gasteiger partial charge is 0.337 e. The van der Waals surface area contributed by atoms with E-state index in [0.717, 1.165) is 5.56 Å². The third-order valence-corrected chi connectivity index (χ3v) is 4.90. The Morgan fingerprint density at radius 3 is 2.30 bits per heavy atom. The molecule has 0 aromatic heterocycles. The first-order valence-electron chi connectivity index (χ1n) is 9.09. The molecule has 0 aliphatic rings. The average molecular weight is 472 g/mol. The highest BCUT2D eigenvalue weighted by molar-refractivity contribution is 9.10. The van der Waals surface area contributed by atoms with Gasteiger partial charge in [0.05, 0.1) is 24.3 Å². The number of methoxy groups -OCH3 is 1. The number of nitrogens with one attached hydrogen (secondary N) is 1. The summed E-state index contributed by atoms with van der Waals surface area (Å²) in [7, 11) is 1.32. The van der Waals surface area contributed by atoms with E-state index in [9.17, 15) is 14.0 Å². The third-order valence-electron chi connectivity index (χ3n) is 4.41. The van der Waals surface area contributed by atoms with Crippen molar-refractivity contribution in [2.75, 3.05) is 7.11 Å². The molecular weight excluding hydrogens is 453 g/mol. The Hall–Kier alpha value is -3.19. The van der Waals surface area contributed by atoms with E-state index in [4.69, 9.17) is 9.47 Å². The number of benzene rings is 3. The van der Waals surface area contributed by atoms with Gasteiger partial charge in [0, 0.05) is 4.47 Å². The maximum atomic E-state index is 13.1. The first-order valence-corrected chi connectivity index (χ1v) is 9.89. The van der Waals surface area contributed by atoms with Crippen LogP contribution in [0.1, 0.15) is 39.2 Å². The zero-order chi connectivity index (χ0) is 21.7. The molecule has 0 fully saturated rings. The van der Waals surface area contributed by atoms with Crippen molar-refractivity contribution in [3.63, 3.8) is 0 Å². The van der Waals surface area contributed by atoms with E-state index in [0.29, 0.717) is 27.1 Å². The summed E-state index contributed by atoms with van der Waals surface area (Å²) in [5, 5.41) is 2.92. The van der Waals surface area contributed by atoms with Crippen LogP contribution in [0.2, 0.25) is 0 Å². The van der Waals surface area contributed by atoms with Gasteiger partial charge in [-0.3, -0.25) is 4.79 Å². The number of hydrogen-bond donors (Lipinski definition) is 1. The second kappa shape index (κ2) is 9.54. The highest BCUT2D eigenvalue weighted by Gasteiger charge is 2.17. The van der Waals surface area contributed by atoms with Crippen molar-refractivity contribution < 1.29 is 23.5 Å². The van der Waals surface area contributed by atoms with Gasteiger partial charge in [-0.1, -0.05) is 28.1 Å². The first-order chi connectivity index (χ1) is 14.4. The topological polar surface area (TPSA) is 64.6 Å². The number of amides is 1. The SMILES string of the molecule is COC(=O)c1ccc([C@@H](C)NC(=O)c2cc(Br)ccc2Oc2ccc(F)cc2)cc1. The molecule has 3 aromatic carbocycles. The van der Waals surface area contributed by atoms with Crippen LogP contribution < -0.4 is 10.1 Å². The molecule has 0 bridgehead atoms. The molecule has 1 atom stereocenters. The van der Waals surface area contributed by atoms with E-state index < -0.39 is 5.97 Å². The highest BCUT2D eigenvalue weighted by Crippen LogP contribution is 2.29. The van der Waals surface area contributed by atoms with Gasteiger partial charge in [0.15, 0.2) is 0 Å². The minimum absolute atomic E-state index is 0.318. The summed E-state index contributed by atoms with van der Waals surface area (Å²) in [6.07, 6.45) is 0. The maximum Gasteiger partial charge on any atom is 0.337 e. The van der Waals surface area contributed by atoms with Crippen molar-refractivity contribution in [1.82, 2.24) is 5.32 Å². The van der Waals surface area contributed by atoms with Crippen LogP contribution in [0, 0.1) is 5.82 Å². The second-order valence-corrected chi connectivity index (χ2v) is 7.42. The van der Waals surface area contributed by atoms with Crippen molar-refractivity contribution in [3.05, 3.63) is 93.7 Å². The number of ether oxygens (including phenoxy) is 2. The lowest BCUT2D eigenvalue weighted by Gasteiger charge is -2.17. The number of carbonyl (C=O) groups excluding carboxylic acids is 2. The Bertz CT molecular complexity index is 1050. The zero-order valence-corrected chi connectivity index (χ0v) is 17.9. The second-order valence-electron chi connectivity index (χ2n) is 6.51. The Labute approximate surface area is 182 Å². The molecule has 3 rings (SSSR count). The Morgan fingerprint density at radius 1 is 1.00 bits per heavy atom. The van der Waals surface area contributed by atoms with Crippen LogP contribution >= 0.6 is 15.9 Å². The first kappa shape index (κ1) is 21.5. The van der Waals surface area contributed by atoms with Crippen molar-refractivity contribution >= 4 is 27.8 Å². The van der Waals surface area contributed by atoms with E-state index >= 15 is 0 Å². The summed E-state index contributed by atoms with van der Waals surface area (Å²) in [5.74, 6) is -0.370. The third kappa shape index (κ3) is 5.24. The van der Waals surface area contributed by atoms with E-state index in [1.54, 1.807) is 42.5 Å². The van der Waals surface area contributed by atoms with Gasteiger partial charge in [-0.05, 0) is 67.1 Å². The highest BCUT2D eigenvalue weighted by atomic mass is 79.9. The van der Waals surface area contributed by atoms with Gasteiger partial charge in [-0.25, -0.2) is 9.18 Å². The maximum absolute atomic E-state index is 13.1. The minimum Gasteiger partial charge on any atom is -0.465 e. The number of halogens is 2. The predicted octanol–water partition coefficient (Wildman–Crippen LogP) is 5.66. The summed E-state index contributed by atoms with van der Waals surface area (Å²) in [4.78, 5) is 24.5. The zero-order valence-electron chi connectivity index (χ0n) is 16.3.